The first-order chi connectivity index (χ1) is 9.00. The molecule has 1 saturated carbocycles. The lowest BCUT2D eigenvalue weighted by Crippen LogP contribution is -2.41. The zero-order valence-electron chi connectivity index (χ0n) is 12.2. The fourth-order valence-electron chi connectivity index (χ4n) is 3.32. The average molecular weight is 324 g/mol. The van der Waals surface area contributed by atoms with Crippen molar-refractivity contribution in [3.63, 3.8) is 0 Å². The largest absolute Gasteiger partial charge is 0.325 e. The molecule has 0 bridgehead atoms. The second-order valence-corrected chi connectivity index (χ2v) is 7.42. The molecule has 2 atom stereocenters. The summed E-state index contributed by atoms with van der Waals surface area (Å²) in [6.07, 6.45) is 7.25. The van der Waals surface area contributed by atoms with E-state index >= 15 is 0 Å². The maximum atomic E-state index is 6.70. The number of hydrogen-bond donors (Lipinski definition) is 1. The van der Waals surface area contributed by atoms with Gasteiger partial charge in [0.05, 0.1) is 0 Å². The van der Waals surface area contributed by atoms with Crippen LogP contribution >= 0.6 is 15.9 Å². The molecule has 2 N–H and O–H groups in total. The molecule has 0 radical (unpaired) electrons. The van der Waals surface area contributed by atoms with Crippen molar-refractivity contribution in [3.05, 3.63) is 34.3 Å². The van der Waals surface area contributed by atoms with Gasteiger partial charge in [-0.2, -0.15) is 0 Å². The molecule has 0 heterocycles. The number of rotatable bonds is 3. The van der Waals surface area contributed by atoms with Crippen molar-refractivity contribution in [3.8, 4) is 0 Å². The molecule has 0 saturated heterocycles. The Morgan fingerprint density at radius 3 is 2.68 bits per heavy atom. The summed E-state index contributed by atoms with van der Waals surface area (Å²) in [4.78, 5) is 0. The van der Waals surface area contributed by atoms with E-state index in [-0.39, 0.29) is 5.54 Å². The third kappa shape index (κ3) is 4.06. The molecule has 1 aromatic carbocycles. The molecule has 106 valence electrons. The molecule has 0 aromatic heterocycles. The van der Waals surface area contributed by atoms with Gasteiger partial charge in [-0.05, 0) is 49.1 Å². The van der Waals surface area contributed by atoms with E-state index in [1.54, 1.807) is 0 Å². The Morgan fingerprint density at radius 1 is 1.26 bits per heavy atom. The first-order valence-corrected chi connectivity index (χ1v) is 8.32. The molecule has 2 unspecified atom stereocenters. The van der Waals surface area contributed by atoms with Crippen LogP contribution in [0.3, 0.4) is 0 Å². The Kier molecular flexibility index (Phi) is 5.08. The average Bonchev–Trinajstić information content (AvgIpc) is 2.55. The van der Waals surface area contributed by atoms with Crippen LogP contribution < -0.4 is 5.73 Å². The summed E-state index contributed by atoms with van der Waals surface area (Å²) in [6.45, 7) is 4.70. The molecule has 2 heteroatoms. The van der Waals surface area contributed by atoms with Crippen molar-refractivity contribution < 1.29 is 0 Å². The van der Waals surface area contributed by atoms with Gasteiger partial charge in [-0.3, -0.25) is 0 Å². The second-order valence-electron chi connectivity index (χ2n) is 6.57. The molecule has 1 nitrogen and oxygen atoms in total. The maximum absolute atomic E-state index is 6.70. The third-order valence-corrected chi connectivity index (χ3v) is 5.48. The number of hydrogen-bond acceptors (Lipinski definition) is 1. The van der Waals surface area contributed by atoms with Crippen LogP contribution in [0.2, 0.25) is 0 Å². The highest BCUT2D eigenvalue weighted by atomic mass is 79.9. The van der Waals surface area contributed by atoms with Crippen molar-refractivity contribution >= 4 is 15.9 Å². The zero-order valence-corrected chi connectivity index (χ0v) is 13.7. The number of nitrogens with two attached hydrogens (primary N) is 1. The van der Waals surface area contributed by atoms with Crippen LogP contribution in [0.15, 0.2) is 28.7 Å². The van der Waals surface area contributed by atoms with Gasteiger partial charge in [-0.15, -0.1) is 0 Å². The van der Waals surface area contributed by atoms with Gasteiger partial charge < -0.3 is 5.73 Å². The Hall–Kier alpha value is -0.340. The monoisotopic (exact) mass is 323 g/mol. The molecular weight excluding hydrogens is 298 g/mol. The molecule has 0 spiro atoms. The fourth-order valence-corrected chi connectivity index (χ4v) is 3.75. The predicted molar refractivity (Wildman–Crippen MR) is 86.2 cm³/mol. The highest BCUT2D eigenvalue weighted by Gasteiger charge is 2.30. The third-order valence-electron chi connectivity index (χ3n) is 4.71. The minimum absolute atomic E-state index is 0.00644. The van der Waals surface area contributed by atoms with E-state index in [4.69, 9.17) is 5.73 Å². The minimum Gasteiger partial charge on any atom is -0.325 e. The van der Waals surface area contributed by atoms with Gasteiger partial charge in [0.2, 0.25) is 0 Å². The van der Waals surface area contributed by atoms with Crippen LogP contribution in [-0.2, 0) is 6.42 Å². The summed E-state index contributed by atoms with van der Waals surface area (Å²) in [5, 5.41) is 0. The second kappa shape index (κ2) is 6.41. The van der Waals surface area contributed by atoms with Crippen LogP contribution in [0.5, 0.6) is 0 Å². The molecule has 1 aliphatic rings. The van der Waals surface area contributed by atoms with E-state index in [0.717, 1.165) is 31.1 Å². The standard InChI is InChI=1S/C17H26BrN/c1-13(2)14-7-5-10-17(19,11-9-14)12-15-6-3-4-8-16(15)18/h3-4,6,8,13-14H,5,7,9-12,19H2,1-2H3. The minimum atomic E-state index is -0.00644. The van der Waals surface area contributed by atoms with E-state index in [9.17, 15) is 0 Å². The van der Waals surface area contributed by atoms with E-state index < -0.39 is 0 Å². The lowest BCUT2D eigenvalue weighted by atomic mass is 9.83. The van der Waals surface area contributed by atoms with Crippen LogP contribution in [0, 0.1) is 11.8 Å². The normalized spacial score (nSPS) is 28.4. The number of benzene rings is 1. The van der Waals surface area contributed by atoms with E-state index in [1.165, 1.54) is 29.3 Å². The summed E-state index contributed by atoms with van der Waals surface area (Å²) in [7, 11) is 0. The topological polar surface area (TPSA) is 26.0 Å². The molecule has 1 fully saturated rings. The van der Waals surface area contributed by atoms with Gasteiger partial charge in [0.25, 0.3) is 0 Å². The first-order valence-electron chi connectivity index (χ1n) is 7.52. The summed E-state index contributed by atoms with van der Waals surface area (Å²) < 4.78 is 1.20. The molecule has 1 aromatic rings. The Labute approximate surface area is 126 Å². The Balaban J connectivity index is 2.05. The van der Waals surface area contributed by atoms with Crippen molar-refractivity contribution in [2.24, 2.45) is 17.6 Å². The predicted octanol–water partition coefficient (Wildman–Crippen LogP) is 4.93. The van der Waals surface area contributed by atoms with Gasteiger partial charge in [0, 0.05) is 10.0 Å². The lowest BCUT2D eigenvalue weighted by molar-refractivity contribution is 0.321. The SMILES string of the molecule is CC(C)C1CCCC(N)(Cc2ccccc2Br)CC1. The lowest BCUT2D eigenvalue weighted by Gasteiger charge is -2.29. The Bertz CT molecular complexity index is 415. The zero-order chi connectivity index (χ0) is 13.9. The van der Waals surface area contributed by atoms with Crippen molar-refractivity contribution in [1.29, 1.82) is 0 Å². The molecule has 0 aliphatic heterocycles. The van der Waals surface area contributed by atoms with Gasteiger partial charge in [0.1, 0.15) is 0 Å². The molecule has 1 aliphatic carbocycles. The van der Waals surface area contributed by atoms with Crippen LogP contribution in [0.1, 0.15) is 51.5 Å². The van der Waals surface area contributed by atoms with Gasteiger partial charge in [-0.1, -0.05) is 60.8 Å². The van der Waals surface area contributed by atoms with Crippen LogP contribution in [-0.4, -0.2) is 5.54 Å². The quantitative estimate of drug-likeness (QED) is 0.784. The van der Waals surface area contributed by atoms with Gasteiger partial charge in [0.15, 0.2) is 0 Å². The van der Waals surface area contributed by atoms with Crippen molar-refractivity contribution in [1.82, 2.24) is 0 Å². The smallest absolute Gasteiger partial charge is 0.0207 e. The highest BCUT2D eigenvalue weighted by Crippen LogP contribution is 2.35. The van der Waals surface area contributed by atoms with Crippen LogP contribution in [0.25, 0.3) is 0 Å². The molecule has 19 heavy (non-hydrogen) atoms. The van der Waals surface area contributed by atoms with E-state index in [1.807, 2.05) is 0 Å². The summed E-state index contributed by atoms with van der Waals surface area (Å²) >= 11 is 3.65. The summed E-state index contributed by atoms with van der Waals surface area (Å²) in [5.74, 6) is 1.66. The van der Waals surface area contributed by atoms with Gasteiger partial charge >= 0.3 is 0 Å². The molecule has 0 amide bonds. The van der Waals surface area contributed by atoms with Gasteiger partial charge in [-0.25, -0.2) is 0 Å². The van der Waals surface area contributed by atoms with Crippen LogP contribution in [0.4, 0.5) is 0 Å². The van der Waals surface area contributed by atoms with E-state index in [2.05, 4.69) is 54.0 Å². The summed E-state index contributed by atoms with van der Waals surface area (Å²) in [5.41, 5.74) is 8.05. The number of halogens is 1. The van der Waals surface area contributed by atoms with E-state index in [0.29, 0.717) is 0 Å². The summed E-state index contributed by atoms with van der Waals surface area (Å²) in [6, 6.07) is 8.49. The van der Waals surface area contributed by atoms with Crippen molar-refractivity contribution in [2.75, 3.05) is 0 Å². The molecule has 2 rings (SSSR count). The maximum Gasteiger partial charge on any atom is 0.0207 e. The van der Waals surface area contributed by atoms with Crippen molar-refractivity contribution in [2.45, 2.75) is 57.9 Å². The Morgan fingerprint density at radius 2 is 2.00 bits per heavy atom. The highest BCUT2D eigenvalue weighted by molar-refractivity contribution is 9.10. The first kappa shape index (κ1) is 15.1. The molecular formula is C17H26BrN. The fraction of sp³-hybridized carbons (Fsp3) is 0.647.